The average molecular weight is 360 g/mol. The molecule has 3 aromatic rings. The Morgan fingerprint density at radius 2 is 1.62 bits per heavy atom. The number of halogens is 2. The molecule has 5 nitrogen and oxygen atoms in total. The third-order valence-electron chi connectivity index (χ3n) is 3.15. The van der Waals surface area contributed by atoms with Crippen molar-refractivity contribution in [2.45, 2.75) is 0 Å². The van der Waals surface area contributed by atoms with Gasteiger partial charge in [-0.1, -0.05) is 41.4 Å². The molecule has 1 N–H and O–H groups in total. The van der Waals surface area contributed by atoms with Crippen molar-refractivity contribution in [1.82, 2.24) is 9.78 Å². The van der Waals surface area contributed by atoms with Crippen molar-refractivity contribution < 1.29 is 4.79 Å². The van der Waals surface area contributed by atoms with Crippen LogP contribution in [0.15, 0.2) is 65.5 Å². The molecule has 1 amide bonds. The van der Waals surface area contributed by atoms with Crippen LogP contribution in [0.2, 0.25) is 10.0 Å². The van der Waals surface area contributed by atoms with Crippen molar-refractivity contribution in [2.24, 2.45) is 0 Å². The SMILES string of the molecule is O=C(Nc1cc(Cl)cc(Cl)c1)c1ccc(=O)n(-c2ccccc2)n1. The van der Waals surface area contributed by atoms with Crippen LogP contribution < -0.4 is 10.9 Å². The minimum absolute atomic E-state index is 0.0922. The van der Waals surface area contributed by atoms with Crippen LogP contribution in [0.5, 0.6) is 0 Å². The number of hydrogen-bond donors (Lipinski definition) is 1. The fourth-order valence-corrected chi connectivity index (χ4v) is 2.63. The zero-order valence-corrected chi connectivity index (χ0v) is 13.8. The number of anilines is 1. The Morgan fingerprint density at radius 3 is 2.29 bits per heavy atom. The number of nitrogens with zero attached hydrogens (tertiary/aromatic N) is 2. The molecular formula is C17H11Cl2N3O2. The molecule has 0 radical (unpaired) electrons. The molecule has 3 rings (SSSR count). The molecule has 2 aromatic carbocycles. The number of aromatic nitrogens is 2. The van der Waals surface area contributed by atoms with E-state index in [1.165, 1.54) is 16.8 Å². The first-order valence-electron chi connectivity index (χ1n) is 6.96. The Morgan fingerprint density at radius 1 is 0.958 bits per heavy atom. The number of amides is 1. The molecule has 120 valence electrons. The van der Waals surface area contributed by atoms with E-state index in [9.17, 15) is 9.59 Å². The average Bonchev–Trinajstić information content (AvgIpc) is 2.55. The number of hydrogen-bond acceptors (Lipinski definition) is 3. The van der Waals surface area contributed by atoms with Crippen LogP contribution >= 0.6 is 23.2 Å². The van der Waals surface area contributed by atoms with Gasteiger partial charge in [0.2, 0.25) is 0 Å². The molecule has 0 saturated heterocycles. The number of carbonyl (C=O) groups is 1. The van der Waals surface area contributed by atoms with E-state index in [0.29, 0.717) is 21.4 Å². The Bertz CT molecular complexity index is 935. The topological polar surface area (TPSA) is 64.0 Å². The molecular weight excluding hydrogens is 349 g/mol. The fraction of sp³-hybridized carbons (Fsp3) is 0. The van der Waals surface area contributed by atoms with Gasteiger partial charge in [-0.15, -0.1) is 0 Å². The molecule has 0 bridgehead atoms. The summed E-state index contributed by atoms with van der Waals surface area (Å²) < 4.78 is 1.17. The van der Waals surface area contributed by atoms with Crippen LogP contribution in [0, 0.1) is 0 Å². The molecule has 1 aromatic heterocycles. The van der Waals surface area contributed by atoms with Gasteiger partial charge >= 0.3 is 0 Å². The van der Waals surface area contributed by atoms with Gasteiger partial charge in [-0.25, -0.2) is 0 Å². The highest BCUT2D eigenvalue weighted by atomic mass is 35.5. The maximum Gasteiger partial charge on any atom is 0.276 e. The van der Waals surface area contributed by atoms with Crippen molar-refractivity contribution >= 4 is 34.8 Å². The second-order valence-electron chi connectivity index (χ2n) is 4.92. The molecule has 0 fully saturated rings. The smallest absolute Gasteiger partial charge is 0.276 e. The van der Waals surface area contributed by atoms with Gasteiger partial charge in [0.1, 0.15) is 5.69 Å². The number of nitrogens with one attached hydrogen (secondary N) is 1. The predicted molar refractivity (Wildman–Crippen MR) is 94.2 cm³/mol. The summed E-state index contributed by atoms with van der Waals surface area (Å²) in [4.78, 5) is 24.3. The summed E-state index contributed by atoms with van der Waals surface area (Å²) in [6, 6.07) is 16.2. The van der Waals surface area contributed by atoms with Gasteiger partial charge in [-0.05, 0) is 36.4 Å². The van der Waals surface area contributed by atoms with Crippen LogP contribution in [-0.4, -0.2) is 15.7 Å². The summed E-state index contributed by atoms with van der Waals surface area (Å²) in [7, 11) is 0. The second kappa shape index (κ2) is 6.86. The highest BCUT2D eigenvalue weighted by Crippen LogP contribution is 2.22. The van der Waals surface area contributed by atoms with Gasteiger partial charge in [0.15, 0.2) is 0 Å². The Balaban J connectivity index is 1.92. The molecule has 0 aliphatic rings. The summed E-state index contributed by atoms with van der Waals surface area (Å²) in [5, 5.41) is 7.57. The van der Waals surface area contributed by atoms with Gasteiger partial charge in [-0.3, -0.25) is 9.59 Å². The third-order valence-corrected chi connectivity index (χ3v) is 3.59. The first-order valence-corrected chi connectivity index (χ1v) is 7.72. The molecule has 0 atom stereocenters. The lowest BCUT2D eigenvalue weighted by atomic mass is 10.3. The van der Waals surface area contributed by atoms with Gasteiger partial charge in [-0.2, -0.15) is 9.78 Å². The third kappa shape index (κ3) is 3.64. The van der Waals surface area contributed by atoms with E-state index in [-0.39, 0.29) is 11.3 Å². The lowest BCUT2D eigenvalue weighted by molar-refractivity contribution is 0.102. The summed E-state index contributed by atoms with van der Waals surface area (Å²) in [6.07, 6.45) is 0. The fourth-order valence-electron chi connectivity index (χ4n) is 2.11. The van der Waals surface area contributed by atoms with Gasteiger partial charge in [0.05, 0.1) is 5.69 Å². The van der Waals surface area contributed by atoms with Crippen LogP contribution in [0.3, 0.4) is 0 Å². The van der Waals surface area contributed by atoms with Crippen LogP contribution in [-0.2, 0) is 0 Å². The van der Waals surface area contributed by atoms with Crippen LogP contribution in [0.25, 0.3) is 5.69 Å². The monoisotopic (exact) mass is 359 g/mol. The predicted octanol–water partition coefficient (Wildman–Crippen LogP) is 3.79. The molecule has 0 spiro atoms. The Kier molecular flexibility index (Phi) is 4.64. The lowest BCUT2D eigenvalue weighted by Crippen LogP contribution is -2.24. The first kappa shape index (κ1) is 16.2. The minimum Gasteiger partial charge on any atom is -0.320 e. The molecule has 0 aliphatic heterocycles. The number of rotatable bonds is 3. The number of para-hydroxylation sites is 1. The molecule has 0 aliphatic carbocycles. The first-order chi connectivity index (χ1) is 11.5. The van der Waals surface area contributed by atoms with Crippen LogP contribution in [0.4, 0.5) is 5.69 Å². The van der Waals surface area contributed by atoms with E-state index in [1.54, 1.807) is 42.5 Å². The van der Waals surface area contributed by atoms with Crippen molar-refractivity contribution in [2.75, 3.05) is 5.32 Å². The van der Waals surface area contributed by atoms with E-state index in [0.717, 1.165) is 0 Å². The number of benzene rings is 2. The van der Waals surface area contributed by atoms with Crippen molar-refractivity contribution in [3.05, 3.63) is 86.8 Å². The molecule has 0 saturated carbocycles. The van der Waals surface area contributed by atoms with Gasteiger partial charge < -0.3 is 5.32 Å². The zero-order chi connectivity index (χ0) is 17.1. The van der Waals surface area contributed by atoms with E-state index < -0.39 is 5.91 Å². The van der Waals surface area contributed by atoms with E-state index in [4.69, 9.17) is 23.2 Å². The normalized spacial score (nSPS) is 10.4. The molecule has 24 heavy (non-hydrogen) atoms. The highest BCUT2D eigenvalue weighted by molar-refractivity contribution is 6.35. The Hall–Kier alpha value is -2.63. The number of carbonyl (C=O) groups excluding carboxylic acids is 1. The summed E-state index contributed by atoms with van der Waals surface area (Å²) >= 11 is 11.8. The largest absolute Gasteiger partial charge is 0.320 e. The lowest BCUT2D eigenvalue weighted by Gasteiger charge is -2.08. The van der Waals surface area contributed by atoms with Gasteiger partial charge in [0, 0.05) is 21.8 Å². The van der Waals surface area contributed by atoms with Crippen molar-refractivity contribution in [3.8, 4) is 5.69 Å². The van der Waals surface area contributed by atoms with E-state index in [2.05, 4.69) is 10.4 Å². The van der Waals surface area contributed by atoms with Crippen LogP contribution in [0.1, 0.15) is 10.5 Å². The minimum atomic E-state index is -0.474. The quantitative estimate of drug-likeness (QED) is 0.773. The van der Waals surface area contributed by atoms with Crippen molar-refractivity contribution in [3.63, 3.8) is 0 Å². The molecule has 1 heterocycles. The Labute approximate surface area is 147 Å². The van der Waals surface area contributed by atoms with E-state index >= 15 is 0 Å². The summed E-state index contributed by atoms with van der Waals surface area (Å²) in [5.41, 5.74) is 0.776. The summed E-state index contributed by atoms with van der Waals surface area (Å²) in [5.74, 6) is -0.474. The maximum absolute atomic E-state index is 12.4. The standard InChI is InChI=1S/C17H11Cl2N3O2/c18-11-8-12(19)10-13(9-11)20-17(24)15-6-7-16(23)22(21-15)14-4-2-1-3-5-14/h1-10H,(H,20,24). The highest BCUT2D eigenvalue weighted by Gasteiger charge is 2.11. The molecule has 0 unspecified atom stereocenters. The summed E-state index contributed by atoms with van der Waals surface area (Å²) in [6.45, 7) is 0. The maximum atomic E-state index is 12.4. The molecule has 7 heteroatoms. The second-order valence-corrected chi connectivity index (χ2v) is 5.79. The van der Waals surface area contributed by atoms with Crippen molar-refractivity contribution in [1.29, 1.82) is 0 Å². The zero-order valence-electron chi connectivity index (χ0n) is 12.2. The van der Waals surface area contributed by atoms with E-state index in [1.807, 2.05) is 6.07 Å². The van der Waals surface area contributed by atoms with Gasteiger partial charge in [0.25, 0.3) is 11.5 Å².